The molecule has 2 aliphatic rings. The average molecular weight is 464 g/mol. The van der Waals surface area contributed by atoms with Crippen LogP contribution < -0.4 is 20.7 Å². The molecule has 1 aromatic carbocycles. The Labute approximate surface area is 199 Å². The number of urea groups is 1. The molecule has 3 aromatic rings. The zero-order chi connectivity index (χ0) is 23.3. The molecule has 9 heteroatoms. The molecule has 2 aliphatic heterocycles. The number of para-hydroxylation sites is 1. The first-order valence-corrected chi connectivity index (χ1v) is 12.3. The van der Waals surface area contributed by atoms with E-state index >= 15 is 0 Å². The van der Waals surface area contributed by atoms with E-state index in [0.717, 1.165) is 88.5 Å². The van der Waals surface area contributed by atoms with Gasteiger partial charge in [0.05, 0.1) is 12.3 Å². The number of aryl methyl sites for hydroxylation is 2. The topological polar surface area (TPSA) is 102 Å². The zero-order valence-corrected chi connectivity index (χ0v) is 19.6. The van der Waals surface area contributed by atoms with E-state index in [1.165, 1.54) is 17.7 Å². The second-order valence-corrected chi connectivity index (χ2v) is 9.03. The van der Waals surface area contributed by atoms with Crippen molar-refractivity contribution in [2.24, 2.45) is 5.73 Å². The van der Waals surface area contributed by atoms with Crippen LogP contribution in [0.3, 0.4) is 0 Å². The van der Waals surface area contributed by atoms with E-state index in [4.69, 9.17) is 10.5 Å². The number of unbranched alkanes of at least 4 members (excludes halogenated alkanes) is 1. The van der Waals surface area contributed by atoms with Gasteiger partial charge in [-0.1, -0.05) is 12.1 Å². The maximum atomic E-state index is 11.4. The molecule has 2 aromatic heterocycles. The number of rotatable bonds is 7. The smallest absolute Gasteiger partial charge is 0.318 e. The summed E-state index contributed by atoms with van der Waals surface area (Å²) in [5.74, 6) is 1.56. The number of piperazine rings is 1. The first-order valence-electron chi connectivity index (χ1n) is 12.3. The minimum atomic E-state index is -0.616. The Hall–Kier alpha value is -3.33. The summed E-state index contributed by atoms with van der Waals surface area (Å²) in [5, 5.41) is 2.62. The summed E-state index contributed by atoms with van der Waals surface area (Å²) >= 11 is 0. The van der Waals surface area contributed by atoms with E-state index in [0.29, 0.717) is 5.95 Å². The van der Waals surface area contributed by atoms with Crippen molar-refractivity contribution < 1.29 is 9.53 Å². The van der Waals surface area contributed by atoms with Crippen molar-refractivity contribution in [3.8, 4) is 5.75 Å². The van der Waals surface area contributed by atoms with Crippen LogP contribution in [0.4, 0.5) is 16.4 Å². The molecular formula is C25H33N7O2. The maximum Gasteiger partial charge on any atom is 0.318 e. The highest BCUT2D eigenvalue weighted by molar-refractivity contribution is 5.88. The maximum absolute atomic E-state index is 11.4. The normalized spacial score (nSPS) is 16.6. The molecule has 180 valence electrons. The van der Waals surface area contributed by atoms with Gasteiger partial charge in [-0.05, 0) is 62.4 Å². The van der Waals surface area contributed by atoms with Gasteiger partial charge in [-0.15, -0.1) is 0 Å². The number of aromatic nitrogens is 3. The van der Waals surface area contributed by atoms with E-state index in [9.17, 15) is 4.79 Å². The number of hydrogen-bond donors (Lipinski definition) is 2. The highest BCUT2D eigenvalue weighted by Gasteiger charge is 2.22. The van der Waals surface area contributed by atoms with Gasteiger partial charge in [0, 0.05) is 38.9 Å². The number of pyridine rings is 1. The highest BCUT2D eigenvalue weighted by Crippen LogP contribution is 2.35. The SMILES string of the molecule is NC(=O)Nc1nc2cccnc2n1CCCCN1CCN(c2cccc3c2OCCCC3)CC1. The van der Waals surface area contributed by atoms with Crippen LogP contribution in [0.2, 0.25) is 0 Å². The van der Waals surface area contributed by atoms with Crippen molar-refractivity contribution >= 4 is 28.8 Å². The highest BCUT2D eigenvalue weighted by atomic mass is 16.5. The molecule has 0 aliphatic carbocycles. The zero-order valence-electron chi connectivity index (χ0n) is 19.6. The summed E-state index contributed by atoms with van der Waals surface area (Å²) in [7, 11) is 0. The van der Waals surface area contributed by atoms with Crippen LogP contribution >= 0.6 is 0 Å². The molecule has 0 radical (unpaired) electrons. The Balaban J connectivity index is 1.13. The number of hydrogen-bond acceptors (Lipinski definition) is 6. The Morgan fingerprint density at radius 3 is 2.76 bits per heavy atom. The molecule has 0 spiro atoms. The number of primary amides is 1. The molecule has 1 fully saturated rings. The number of nitrogens with two attached hydrogens (primary N) is 1. The van der Waals surface area contributed by atoms with Crippen molar-refractivity contribution in [3.05, 3.63) is 42.1 Å². The van der Waals surface area contributed by atoms with Gasteiger partial charge in [0.25, 0.3) is 0 Å². The van der Waals surface area contributed by atoms with Crippen LogP contribution in [0.1, 0.15) is 31.2 Å². The van der Waals surface area contributed by atoms with Crippen molar-refractivity contribution in [3.63, 3.8) is 0 Å². The minimum absolute atomic E-state index is 0.457. The third-order valence-corrected chi connectivity index (χ3v) is 6.72. The molecule has 4 heterocycles. The summed E-state index contributed by atoms with van der Waals surface area (Å²) in [6.45, 7) is 6.74. The lowest BCUT2D eigenvalue weighted by molar-refractivity contribution is 0.250. The van der Waals surface area contributed by atoms with E-state index in [1.807, 2.05) is 16.7 Å². The number of carbonyl (C=O) groups excluding carboxylic acids is 1. The number of ether oxygens (including phenoxy) is 1. The molecular weight excluding hydrogens is 430 g/mol. The number of benzene rings is 1. The third-order valence-electron chi connectivity index (χ3n) is 6.72. The predicted octanol–water partition coefficient (Wildman–Crippen LogP) is 3.24. The largest absolute Gasteiger partial charge is 0.491 e. The molecule has 0 atom stereocenters. The molecule has 5 rings (SSSR count). The van der Waals surface area contributed by atoms with Crippen LogP contribution in [0.15, 0.2) is 36.5 Å². The fourth-order valence-corrected chi connectivity index (χ4v) is 4.97. The lowest BCUT2D eigenvalue weighted by Gasteiger charge is -2.37. The number of amides is 2. The standard InChI is InChI=1S/C25H33N7O2/c26-24(33)29-25-28-20-9-6-11-27-23(20)32(25)13-3-2-12-30-14-16-31(17-15-30)21-10-5-8-19-7-1-4-18-34-22(19)21/h5-6,8-11H,1-4,7,12-18H2,(H3,26,28,29,33). The van der Waals surface area contributed by atoms with Gasteiger partial charge in [0.1, 0.15) is 11.3 Å². The summed E-state index contributed by atoms with van der Waals surface area (Å²) in [6.07, 6.45) is 7.22. The summed E-state index contributed by atoms with van der Waals surface area (Å²) in [4.78, 5) is 25.3. The number of imidazole rings is 1. The monoisotopic (exact) mass is 463 g/mol. The first-order chi connectivity index (χ1) is 16.7. The number of nitrogens with zero attached hydrogens (tertiary/aromatic N) is 5. The number of fused-ring (bicyclic) bond motifs is 2. The van der Waals surface area contributed by atoms with Crippen LogP contribution in [0, 0.1) is 0 Å². The summed E-state index contributed by atoms with van der Waals surface area (Å²) in [6, 6.07) is 9.71. The van der Waals surface area contributed by atoms with Gasteiger partial charge in [0.15, 0.2) is 5.65 Å². The lowest BCUT2D eigenvalue weighted by Crippen LogP contribution is -2.46. The molecule has 0 bridgehead atoms. The Morgan fingerprint density at radius 2 is 1.91 bits per heavy atom. The lowest BCUT2D eigenvalue weighted by atomic mass is 10.1. The summed E-state index contributed by atoms with van der Waals surface area (Å²) in [5.41, 5.74) is 9.45. The molecule has 1 saturated heterocycles. The van der Waals surface area contributed by atoms with Crippen LogP contribution in [-0.4, -0.2) is 64.8 Å². The van der Waals surface area contributed by atoms with E-state index in [2.05, 4.69) is 43.3 Å². The second kappa shape index (κ2) is 10.3. The molecule has 2 amide bonds. The number of carbonyl (C=O) groups is 1. The Kier molecular flexibility index (Phi) is 6.80. The third kappa shape index (κ3) is 4.94. The molecule has 3 N–H and O–H groups in total. The van der Waals surface area contributed by atoms with Gasteiger partial charge in [0.2, 0.25) is 5.95 Å². The van der Waals surface area contributed by atoms with Gasteiger partial charge in [-0.25, -0.2) is 14.8 Å². The summed E-state index contributed by atoms with van der Waals surface area (Å²) < 4.78 is 8.08. The molecule has 9 nitrogen and oxygen atoms in total. The van der Waals surface area contributed by atoms with Crippen molar-refractivity contribution in [2.45, 2.75) is 38.6 Å². The Bertz CT molecular complexity index is 1140. The van der Waals surface area contributed by atoms with Crippen molar-refractivity contribution in [1.82, 2.24) is 19.4 Å². The quantitative estimate of drug-likeness (QED) is 0.522. The second-order valence-electron chi connectivity index (χ2n) is 9.03. The Morgan fingerprint density at radius 1 is 1.06 bits per heavy atom. The number of anilines is 2. The van der Waals surface area contributed by atoms with Gasteiger partial charge >= 0.3 is 6.03 Å². The van der Waals surface area contributed by atoms with Gasteiger partial charge in [-0.3, -0.25) is 14.8 Å². The van der Waals surface area contributed by atoms with Crippen LogP contribution in [0.5, 0.6) is 5.75 Å². The van der Waals surface area contributed by atoms with Crippen LogP contribution in [-0.2, 0) is 13.0 Å². The molecule has 34 heavy (non-hydrogen) atoms. The molecule has 0 saturated carbocycles. The fraction of sp³-hybridized carbons (Fsp3) is 0.480. The molecule has 0 unspecified atom stereocenters. The van der Waals surface area contributed by atoms with Gasteiger partial charge < -0.3 is 15.4 Å². The van der Waals surface area contributed by atoms with Gasteiger partial charge in [-0.2, -0.15) is 0 Å². The van der Waals surface area contributed by atoms with Crippen LogP contribution in [0.25, 0.3) is 11.2 Å². The fourth-order valence-electron chi connectivity index (χ4n) is 4.97. The van der Waals surface area contributed by atoms with E-state index < -0.39 is 6.03 Å². The van der Waals surface area contributed by atoms with Crippen molar-refractivity contribution in [1.29, 1.82) is 0 Å². The number of nitrogens with one attached hydrogen (secondary N) is 1. The van der Waals surface area contributed by atoms with E-state index in [-0.39, 0.29) is 0 Å². The van der Waals surface area contributed by atoms with E-state index in [1.54, 1.807) is 6.20 Å². The minimum Gasteiger partial charge on any atom is -0.491 e. The first kappa shape index (κ1) is 22.5. The van der Waals surface area contributed by atoms with Crippen molar-refractivity contribution in [2.75, 3.05) is 49.5 Å². The average Bonchev–Trinajstić information content (AvgIpc) is 3.01. The predicted molar refractivity (Wildman–Crippen MR) is 133 cm³/mol.